The summed E-state index contributed by atoms with van der Waals surface area (Å²) < 4.78 is 5.67. The predicted molar refractivity (Wildman–Crippen MR) is 85.9 cm³/mol. The standard InChI is InChI=1S/C16H19N5O/c1-10(2)22-16-15(17-8-9-18-16)19-11(3)14-20-12-6-4-5-7-13(12)21-14/h4-11H,1-3H3,(H,17,19)(H,20,21). The number of hydrogen-bond donors (Lipinski definition) is 2. The second-order valence-corrected chi connectivity index (χ2v) is 5.38. The number of hydrogen-bond acceptors (Lipinski definition) is 5. The highest BCUT2D eigenvalue weighted by Gasteiger charge is 2.15. The van der Waals surface area contributed by atoms with Crippen molar-refractivity contribution in [3.8, 4) is 5.88 Å². The smallest absolute Gasteiger partial charge is 0.257 e. The molecule has 0 fully saturated rings. The number of anilines is 1. The average Bonchev–Trinajstić information content (AvgIpc) is 2.93. The van der Waals surface area contributed by atoms with Crippen molar-refractivity contribution < 1.29 is 4.74 Å². The number of ether oxygens (including phenoxy) is 1. The monoisotopic (exact) mass is 297 g/mol. The summed E-state index contributed by atoms with van der Waals surface area (Å²) in [6, 6.07) is 7.91. The zero-order valence-electron chi connectivity index (χ0n) is 12.9. The summed E-state index contributed by atoms with van der Waals surface area (Å²) in [5, 5.41) is 3.30. The van der Waals surface area contributed by atoms with E-state index in [0.29, 0.717) is 11.7 Å². The van der Waals surface area contributed by atoms with Gasteiger partial charge in [0.25, 0.3) is 5.88 Å². The van der Waals surface area contributed by atoms with E-state index in [4.69, 9.17) is 4.74 Å². The Bertz CT molecular complexity index is 735. The number of nitrogens with one attached hydrogen (secondary N) is 2. The third-order valence-corrected chi connectivity index (χ3v) is 3.18. The lowest BCUT2D eigenvalue weighted by Crippen LogP contribution is -2.14. The van der Waals surface area contributed by atoms with Crippen LogP contribution in [0.25, 0.3) is 11.0 Å². The van der Waals surface area contributed by atoms with Gasteiger partial charge in [0.1, 0.15) is 5.82 Å². The summed E-state index contributed by atoms with van der Waals surface area (Å²) >= 11 is 0. The number of aromatic amines is 1. The molecule has 0 aliphatic carbocycles. The highest BCUT2D eigenvalue weighted by molar-refractivity contribution is 5.74. The molecular formula is C16H19N5O. The van der Waals surface area contributed by atoms with Crippen molar-refractivity contribution in [2.24, 2.45) is 0 Å². The minimum atomic E-state index is -0.0430. The summed E-state index contributed by atoms with van der Waals surface area (Å²) in [7, 11) is 0. The van der Waals surface area contributed by atoms with Gasteiger partial charge in [-0.25, -0.2) is 15.0 Å². The van der Waals surface area contributed by atoms with Gasteiger partial charge >= 0.3 is 0 Å². The first-order valence-corrected chi connectivity index (χ1v) is 7.32. The summed E-state index contributed by atoms with van der Waals surface area (Å²) in [4.78, 5) is 16.4. The Morgan fingerprint density at radius 1 is 1.09 bits per heavy atom. The van der Waals surface area contributed by atoms with Crippen molar-refractivity contribution in [3.63, 3.8) is 0 Å². The lowest BCUT2D eigenvalue weighted by atomic mass is 10.3. The van der Waals surface area contributed by atoms with Crippen LogP contribution in [0.2, 0.25) is 0 Å². The number of nitrogens with zero attached hydrogens (tertiary/aromatic N) is 3. The number of para-hydroxylation sites is 2. The summed E-state index contributed by atoms with van der Waals surface area (Å²) in [6.07, 6.45) is 3.30. The quantitative estimate of drug-likeness (QED) is 0.755. The van der Waals surface area contributed by atoms with Crippen LogP contribution in [0, 0.1) is 0 Å². The van der Waals surface area contributed by atoms with Crippen molar-refractivity contribution in [1.29, 1.82) is 0 Å². The highest BCUT2D eigenvalue weighted by atomic mass is 16.5. The maximum atomic E-state index is 5.67. The third kappa shape index (κ3) is 3.00. The Balaban J connectivity index is 1.83. The molecule has 2 aromatic heterocycles. The molecule has 0 saturated carbocycles. The Kier molecular flexibility index (Phi) is 3.91. The molecule has 1 aromatic carbocycles. The molecule has 2 heterocycles. The van der Waals surface area contributed by atoms with E-state index in [1.165, 1.54) is 0 Å². The van der Waals surface area contributed by atoms with Gasteiger partial charge in [-0.1, -0.05) is 12.1 Å². The Morgan fingerprint density at radius 3 is 2.64 bits per heavy atom. The van der Waals surface area contributed by atoms with Crippen LogP contribution in [0.5, 0.6) is 5.88 Å². The SMILES string of the molecule is CC(C)Oc1nccnc1NC(C)c1nc2ccccc2[nH]1. The van der Waals surface area contributed by atoms with Gasteiger partial charge in [-0.2, -0.15) is 0 Å². The maximum Gasteiger partial charge on any atom is 0.257 e. The summed E-state index contributed by atoms with van der Waals surface area (Å²) in [5.74, 6) is 1.96. The fourth-order valence-corrected chi connectivity index (χ4v) is 2.18. The number of aromatic nitrogens is 4. The number of rotatable bonds is 5. The molecule has 2 N–H and O–H groups in total. The van der Waals surface area contributed by atoms with E-state index in [2.05, 4.69) is 25.3 Å². The molecule has 0 spiro atoms. The number of H-pyrrole nitrogens is 1. The first kappa shape index (κ1) is 14.3. The van der Waals surface area contributed by atoms with Gasteiger partial charge in [0.2, 0.25) is 0 Å². The summed E-state index contributed by atoms with van der Waals surface area (Å²) in [6.45, 7) is 5.94. The molecule has 6 heteroatoms. The molecule has 0 saturated heterocycles. The van der Waals surface area contributed by atoms with Gasteiger partial charge in [-0.15, -0.1) is 0 Å². The van der Waals surface area contributed by atoms with Crippen LogP contribution < -0.4 is 10.1 Å². The van der Waals surface area contributed by atoms with E-state index < -0.39 is 0 Å². The molecule has 114 valence electrons. The average molecular weight is 297 g/mol. The van der Waals surface area contributed by atoms with Crippen LogP contribution in [-0.2, 0) is 0 Å². The third-order valence-electron chi connectivity index (χ3n) is 3.18. The zero-order chi connectivity index (χ0) is 15.5. The predicted octanol–water partition coefficient (Wildman–Crippen LogP) is 3.31. The molecule has 1 atom stereocenters. The number of imidazole rings is 1. The Morgan fingerprint density at radius 2 is 1.86 bits per heavy atom. The zero-order valence-corrected chi connectivity index (χ0v) is 12.9. The minimum absolute atomic E-state index is 0.0405. The molecule has 0 aliphatic heterocycles. The van der Waals surface area contributed by atoms with Crippen LogP contribution in [0.1, 0.15) is 32.6 Å². The van der Waals surface area contributed by atoms with Crippen molar-refractivity contribution >= 4 is 16.9 Å². The molecule has 22 heavy (non-hydrogen) atoms. The molecule has 0 bridgehead atoms. The topological polar surface area (TPSA) is 75.7 Å². The van der Waals surface area contributed by atoms with Gasteiger partial charge < -0.3 is 15.0 Å². The first-order valence-electron chi connectivity index (χ1n) is 7.32. The van der Waals surface area contributed by atoms with Gasteiger partial charge in [-0.3, -0.25) is 0 Å². The fourth-order valence-electron chi connectivity index (χ4n) is 2.18. The fraction of sp³-hybridized carbons (Fsp3) is 0.312. The van der Waals surface area contributed by atoms with Crippen molar-refractivity contribution in [2.75, 3.05) is 5.32 Å². The van der Waals surface area contributed by atoms with E-state index >= 15 is 0 Å². The van der Waals surface area contributed by atoms with E-state index in [1.807, 2.05) is 45.0 Å². The largest absolute Gasteiger partial charge is 0.472 e. The van der Waals surface area contributed by atoms with E-state index in [-0.39, 0.29) is 12.1 Å². The molecule has 0 aliphatic rings. The number of fused-ring (bicyclic) bond motifs is 1. The Labute approximate surface area is 129 Å². The second kappa shape index (κ2) is 6.01. The lowest BCUT2D eigenvalue weighted by Gasteiger charge is -2.16. The minimum Gasteiger partial charge on any atom is -0.472 e. The van der Waals surface area contributed by atoms with Gasteiger partial charge in [-0.05, 0) is 32.9 Å². The number of benzene rings is 1. The van der Waals surface area contributed by atoms with E-state index in [1.54, 1.807) is 12.4 Å². The molecule has 1 unspecified atom stereocenters. The lowest BCUT2D eigenvalue weighted by molar-refractivity contribution is 0.233. The van der Waals surface area contributed by atoms with Crippen LogP contribution in [-0.4, -0.2) is 26.0 Å². The molecular weight excluding hydrogens is 278 g/mol. The molecule has 0 radical (unpaired) electrons. The summed E-state index contributed by atoms with van der Waals surface area (Å²) in [5.41, 5.74) is 1.97. The molecule has 3 rings (SSSR count). The van der Waals surface area contributed by atoms with E-state index in [9.17, 15) is 0 Å². The molecule has 6 nitrogen and oxygen atoms in total. The highest BCUT2D eigenvalue weighted by Crippen LogP contribution is 2.24. The molecule has 3 aromatic rings. The van der Waals surface area contributed by atoms with Crippen molar-refractivity contribution in [3.05, 3.63) is 42.5 Å². The van der Waals surface area contributed by atoms with Gasteiger partial charge in [0.15, 0.2) is 5.82 Å². The molecule has 0 amide bonds. The first-order chi connectivity index (χ1) is 10.6. The van der Waals surface area contributed by atoms with Gasteiger partial charge in [0, 0.05) is 12.4 Å². The van der Waals surface area contributed by atoms with E-state index in [0.717, 1.165) is 16.9 Å². The van der Waals surface area contributed by atoms with Crippen LogP contribution >= 0.6 is 0 Å². The van der Waals surface area contributed by atoms with Crippen LogP contribution in [0.15, 0.2) is 36.7 Å². The normalized spacial score (nSPS) is 12.5. The van der Waals surface area contributed by atoms with Crippen molar-refractivity contribution in [2.45, 2.75) is 32.9 Å². The van der Waals surface area contributed by atoms with Gasteiger partial charge in [0.05, 0.1) is 23.2 Å². The Hall–Kier alpha value is -2.63. The van der Waals surface area contributed by atoms with Crippen molar-refractivity contribution in [1.82, 2.24) is 19.9 Å². The van der Waals surface area contributed by atoms with Crippen LogP contribution in [0.3, 0.4) is 0 Å². The van der Waals surface area contributed by atoms with Crippen LogP contribution in [0.4, 0.5) is 5.82 Å². The maximum absolute atomic E-state index is 5.67. The second-order valence-electron chi connectivity index (χ2n) is 5.38.